The molecule has 1 saturated carbocycles. The molecule has 1 amide bonds. The Morgan fingerprint density at radius 2 is 2.10 bits per heavy atom. The van der Waals surface area contributed by atoms with Gasteiger partial charge >= 0.3 is 0 Å². The second kappa shape index (κ2) is 7.80. The average molecular weight is 391 g/mol. The zero-order valence-electron chi connectivity index (χ0n) is 16.5. The minimum Gasteiger partial charge on any atom is -0.373 e. The van der Waals surface area contributed by atoms with Crippen LogP contribution in [-0.4, -0.2) is 33.8 Å². The van der Waals surface area contributed by atoms with Crippen LogP contribution < -0.4 is 10.2 Å². The first-order valence-electron chi connectivity index (χ1n) is 10.1. The van der Waals surface area contributed by atoms with E-state index < -0.39 is 11.6 Å². The largest absolute Gasteiger partial charge is 0.373 e. The van der Waals surface area contributed by atoms with Gasteiger partial charge in [-0.15, -0.1) is 0 Å². The summed E-state index contributed by atoms with van der Waals surface area (Å²) in [4.78, 5) is 22.6. The molecule has 1 saturated heterocycles. The van der Waals surface area contributed by atoms with Gasteiger partial charge in [0.15, 0.2) is 0 Å². The summed E-state index contributed by atoms with van der Waals surface area (Å²) in [5.41, 5.74) is 0.461. The number of hydrogen-bond acceptors (Lipinski definition) is 6. The molecular formula is C22H25N5O2. The summed E-state index contributed by atoms with van der Waals surface area (Å²) in [6, 6.07) is 13.7. The molecular weight excluding hydrogens is 366 g/mol. The molecule has 1 aromatic heterocycles. The zero-order valence-corrected chi connectivity index (χ0v) is 16.5. The molecule has 7 heteroatoms. The van der Waals surface area contributed by atoms with Crippen molar-refractivity contribution in [3.8, 4) is 6.07 Å². The molecule has 2 aliphatic rings. The van der Waals surface area contributed by atoms with E-state index in [4.69, 9.17) is 0 Å². The van der Waals surface area contributed by atoms with Gasteiger partial charge in [0.25, 0.3) is 0 Å². The lowest BCUT2D eigenvalue weighted by Gasteiger charge is -2.46. The van der Waals surface area contributed by atoms with E-state index >= 15 is 0 Å². The Hall–Kier alpha value is -2.98. The van der Waals surface area contributed by atoms with Crippen molar-refractivity contribution in [2.45, 2.75) is 38.8 Å². The molecule has 0 spiro atoms. The first kappa shape index (κ1) is 19.3. The predicted molar refractivity (Wildman–Crippen MR) is 109 cm³/mol. The molecule has 0 radical (unpaired) electrons. The molecule has 2 unspecified atom stereocenters. The number of aliphatic hydroxyl groups is 1. The number of amides is 1. The zero-order chi connectivity index (χ0) is 20.4. The van der Waals surface area contributed by atoms with Gasteiger partial charge in [-0.05, 0) is 30.7 Å². The van der Waals surface area contributed by atoms with Gasteiger partial charge in [-0.25, -0.2) is 9.97 Å². The maximum Gasteiger partial charge on any atom is 0.229 e. The van der Waals surface area contributed by atoms with Gasteiger partial charge in [0, 0.05) is 18.5 Å². The van der Waals surface area contributed by atoms with Crippen LogP contribution in [-0.2, 0) is 11.2 Å². The van der Waals surface area contributed by atoms with Crippen LogP contribution in [0.4, 0.5) is 11.6 Å². The Morgan fingerprint density at radius 1 is 1.34 bits per heavy atom. The molecule has 0 bridgehead atoms. The SMILES string of the molecule is CC1C(O)N(c2cc(NC(=O)Cc3ccccc3)ncn2)CC[C@@]1(C#N)C1CC1. The lowest BCUT2D eigenvalue weighted by atomic mass is 9.67. The smallest absolute Gasteiger partial charge is 0.229 e. The molecule has 1 aliphatic carbocycles. The van der Waals surface area contributed by atoms with Gasteiger partial charge in [0.2, 0.25) is 5.91 Å². The lowest BCUT2D eigenvalue weighted by Crippen LogP contribution is -2.54. The van der Waals surface area contributed by atoms with Crippen molar-refractivity contribution in [2.24, 2.45) is 17.3 Å². The number of nitrogens with one attached hydrogen (secondary N) is 1. The summed E-state index contributed by atoms with van der Waals surface area (Å²) in [6.07, 6.45) is 3.68. The highest BCUT2D eigenvalue weighted by molar-refractivity contribution is 5.91. The van der Waals surface area contributed by atoms with Gasteiger partial charge in [0.1, 0.15) is 24.2 Å². The summed E-state index contributed by atoms with van der Waals surface area (Å²) in [5.74, 6) is 0.995. The second-order valence-electron chi connectivity index (χ2n) is 8.04. The highest BCUT2D eigenvalue weighted by atomic mass is 16.3. The quantitative estimate of drug-likeness (QED) is 0.813. The molecule has 7 nitrogen and oxygen atoms in total. The number of aromatic nitrogens is 2. The minimum atomic E-state index is -0.799. The number of piperidine rings is 1. The first-order chi connectivity index (χ1) is 14.0. The topological polar surface area (TPSA) is 102 Å². The van der Waals surface area contributed by atoms with Crippen LogP contribution in [0, 0.1) is 28.6 Å². The number of carbonyl (C=O) groups excluding carboxylic acids is 1. The molecule has 3 atom stereocenters. The van der Waals surface area contributed by atoms with Gasteiger partial charge in [-0.2, -0.15) is 5.26 Å². The van der Waals surface area contributed by atoms with Crippen molar-refractivity contribution in [1.82, 2.24) is 9.97 Å². The van der Waals surface area contributed by atoms with Crippen molar-refractivity contribution >= 4 is 17.5 Å². The Bertz CT molecular complexity index is 924. The standard InChI is InChI=1S/C22H25N5O2/c1-15-21(29)27(10-9-22(15,13-23)17-7-8-17)19-12-18(24-14-25-19)26-20(28)11-16-5-3-2-4-6-16/h2-6,12,14-15,17,21,29H,7-11H2,1H3,(H,24,25,26,28)/t15?,21?,22-/m0/s1. The number of carbonyl (C=O) groups is 1. The Labute approximate surface area is 170 Å². The van der Waals surface area contributed by atoms with E-state index in [2.05, 4.69) is 21.4 Å². The van der Waals surface area contributed by atoms with E-state index in [0.717, 1.165) is 18.4 Å². The third kappa shape index (κ3) is 3.81. The van der Waals surface area contributed by atoms with Gasteiger partial charge in [-0.3, -0.25) is 4.79 Å². The molecule has 1 aliphatic heterocycles. The van der Waals surface area contributed by atoms with E-state index in [1.165, 1.54) is 6.33 Å². The fourth-order valence-electron chi connectivity index (χ4n) is 4.42. The number of aliphatic hydroxyl groups excluding tert-OH is 1. The van der Waals surface area contributed by atoms with Gasteiger partial charge < -0.3 is 15.3 Å². The fraction of sp³-hybridized carbons (Fsp3) is 0.455. The molecule has 1 aromatic carbocycles. The summed E-state index contributed by atoms with van der Waals surface area (Å²) < 4.78 is 0. The maximum absolute atomic E-state index is 12.3. The van der Waals surface area contributed by atoms with Gasteiger partial charge in [0.05, 0.1) is 17.9 Å². The van der Waals surface area contributed by atoms with Crippen molar-refractivity contribution in [2.75, 3.05) is 16.8 Å². The summed E-state index contributed by atoms with van der Waals surface area (Å²) in [6.45, 7) is 2.49. The van der Waals surface area contributed by atoms with Crippen LogP contribution >= 0.6 is 0 Å². The average Bonchev–Trinajstić information content (AvgIpc) is 3.57. The Morgan fingerprint density at radius 3 is 2.79 bits per heavy atom. The third-order valence-electron chi connectivity index (χ3n) is 6.28. The number of rotatable bonds is 5. The minimum absolute atomic E-state index is 0.161. The second-order valence-corrected chi connectivity index (χ2v) is 8.04. The molecule has 29 heavy (non-hydrogen) atoms. The molecule has 2 heterocycles. The first-order valence-corrected chi connectivity index (χ1v) is 10.1. The van der Waals surface area contributed by atoms with Crippen molar-refractivity contribution in [1.29, 1.82) is 5.26 Å². The van der Waals surface area contributed by atoms with E-state index in [9.17, 15) is 15.2 Å². The highest BCUT2D eigenvalue weighted by Gasteiger charge is 2.54. The van der Waals surface area contributed by atoms with Crippen molar-refractivity contribution in [3.63, 3.8) is 0 Å². The van der Waals surface area contributed by atoms with Crippen molar-refractivity contribution < 1.29 is 9.90 Å². The van der Waals surface area contributed by atoms with E-state index in [0.29, 0.717) is 30.5 Å². The van der Waals surface area contributed by atoms with E-state index in [-0.39, 0.29) is 18.2 Å². The van der Waals surface area contributed by atoms with Gasteiger partial charge in [-0.1, -0.05) is 37.3 Å². The molecule has 150 valence electrons. The number of hydrogen-bond donors (Lipinski definition) is 2. The maximum atomic E-state index is 12.3. The monoisotopic (exact) mass is 391 g/mol. The van der Waals surface area contributed by atoms with Crippen LogP contribution in [0.25, 0.3) is 0 Å². The number of anilines is 2. The van der Waals surface area contributed by atoms with Crippen LogP contribution in [0.3, 0.4) is 0 Å². The molecule has 4 rings (SSSR count). The Balaban J connectivity index is 1.46. The van der Waals surface area contributed by atoms with Crippen molar-refractivity contribution in [3.05, 3.63) is 48.3 Å². The van der Waals surface area contributed by atoms with E-state index in [1.807, 2.05) is 37.3 Å². The van der Waals surface area contributed by atoms with Crippen LogP contribution in [0.1, 0.15) is 31.7 Å². The number of benzene rings is 1. The van der Waals surface area contributed by atoms with Crippen LogP contribution in [0.15, 0.2) is 42.7 Å². The summed E-state index contributed by atoms with van der Waals surface area (Å²) >= 11 is 0. The predicted octanol–water partition coefficient (Wildman–Crippen LogP) is 2.74. The number of nitriles is 1. The Kier molecular flexibility index (Phi) is 5.20. The highest BCUT2D eigenvalue weighted by Crippen LogP contribution is 2.55. The normalized spacial score (nSPS) is 26.6. The molecule has 2 fully saturated rings. The number of nitrogens with zero attached hydrogens (tertiary/aromatic N) is 4. The van der Waals surface area contributed by atoms with Crippen LogP contribution in [0.2, 0.25) is 0 Å². The summed E-state index contributed by atoms with van der Waals surface area (Å²) in [7, 11) is 0. The lowest BCUT2D eigenvalue weighted by molar-refractivity contribution is -0.115. The van der Waals surface area contributed by atoms with E-state index in [1.54, 1.807) is 11.0 Å². The molecule has 2 aromatic rings. The molecule has 2 N–H and O–H groups in total. The van der Waals surface area contributed by atoms with Crippen LogP contribution in [0.5, 0.6) is 0 Å². The third-order valence-corrected chi connectivity index (χ3v) is 6.28. The summed E-state index contributed by atoms with van der Waals surface area (Å²) in [5, 5.41) is 23.5. The fourth-order valence-corrected chi connectivity index (χ4v) is 4.42.